The highest BCUT2D eigenvalue weighted by Gasteiger charge is 2.33. The Bertz CT molecular complexity index is 361. The molecule has 2 N–H and O–H groups in total. The Hall–Kier alpha value is -1.30. The van der Waals surface area contributed by atoms with Crippen molar-refractivity contribution in [3.63, 3.8) is 0 Å². The number of ether oxygens (including phenoxy) is 1. The van der Waals surface area contributed by atoms with Crippen molar-refractivity contribution in [3.05, 3.63) is 0 Å². The molecule has 114 valence electrons. The van der Waals surface area contributed by atoms with Crippen molar-refractivity contribution < 1.29 is 19.4 Å². The smallest absolute Gasteiger partial charge is 0.317 e. The molecule has 1 aliphatic heterocycles. The van der Waals surface area contributed by atoms with Gasteiger partial charge in [0.1, 0.15) is 0 Å². The average Bonchev–Trinajstić information content (AvgIpc) is 2.93. The molecule has 1 saturated heterocycles. The predicted molar refractivity (Wildman–Crippen MR) is 73.5 cm³/mol. The summed E-state index contributed by atoms with van der Waals surface area (Å²) in [6.45, 7) is 4.31. The molecule has 1 heterocycles. The summed E-state index contributed by atoms with van der Waals surface area (Å²) in [5, 5.41) is 12.0. The topological polar surface area (TPSA) is 78.9 Å². The van der Waals surface area contributed by atoms with Gasteiger partial charge in [-0.05, 0) is 25.2 Å². The van der Waals surface area contributed by atoms with Crippen LogP contribution in [0.5, 0.6) is 0 Å². The molecule has 1 aliphatic carbocycles. The molecule has 0 aromatic carbocycles. The van der Waals surface area contributed by atoms with Crippen LogP contribution in [0.15, 0.2) is 0 Å². The third-order valence-electron chi connectivity index (χ3n) is 4.37. The van der Waals surface area contributed by atoms with Crippen LogP contribution in [0.4, 0.5) is 4.79 Å². The lowest BCUT2D eigenvalue weighted by Gasteiger charge is -2.33. The molecule has 0 aromatic heterocycles. The molecule has 2 aliphatic rings. The minimum atomic E-state index is -0.737. The monoisotopic (exact) mass is 284 g/mol. The number of aliphatic carboxylic acids is 1. The molecule has 6 nitrogen and oxygen atoms in total. The Morgan fingerprint density at radius 2 is 2.20 bits per heavy atom. The maximum atomic E-state index is 12.1. The van der Waals surface area contributed by atoms with E-state index >= 15 is 0 Å². The zero-order chi connectivity index (χ0) is 14.5. The van der Waals surface area contributed by atoms with Crippen molar-refractivity contribution in [2.45, 2.75) is 38.7 Å². The number of amides is 2. The summed E-state index contributed by atoms with van der Waals surface area (Å²) in [5.41, 5.74) is 0. The van der Waals surface area contributed by atoms with Crippen molar-refractivity contribution in [2.75, 3.05) is 26.2 Å². The molecule has 6 heteroatoms. The van der Waals surface area contributed by atoms with Gasteiger partial charge in [0.05, 0.1) is 18.6 Å². The van der Waals surface area contributed by atoms with Gasteiger partial charge < -0.3 is 20.1 Å². The molecule has 3 unspecified atom stereocenters. The first-order chi connectivity index (χ1) is 9.61. The summed E-state index contributed by atoms with van der Waals surface area (Å²) in [5.74, 6) is -0.970. The molecule has 0 spiro atoms. The number of carboxylic acids is 1. The highest BCUT2D eigenvalue weighted by molar-refractivity contribution is 5.74. The first-order valence-electron chi connectivity index (χ1n) is 7.49. The van der Waals surface area contributed by atoms with Crippen molar-refractivity contribution in [1.29, 1.82) is 0 Å². The first kappa shape index (κ1) is 15.1. The van der Waals surface area contributed by atoms with E-state index in [0.717, 1.165) is 25.7 Å². The molecule has 2 amide bonds. The normalized spacial score (nSPS) is 30.2. The number of morpholine rings is 1. The molecule has 0 radical (unpaired) electrons. The number of nitrogens with one attached hydrogen (secondary N) is 1. The van der Waals surface area contributed by atoms with Crippen molar-refractivity contribution >= 4 is 12.0 Å². The quantitative estimate of drug-likeness (QED) is 0.816. The zero-order valence-electron chi connectivity index (χ0n) is 12.0. The Morgan fingerprint density at radius 1 is 1.40 bits per heavy atom. The first-order valence-corrected chi connectivity index (χ1v) is 7.49. The molecule has 1 saturated carbocycles. The van der Waals surface area contributed by atoms with Crippen LogP contribution in [0.3, 0.4) is 0 Å². The number of hydrogen-bond acceptors (Lipinski definition) is 3. The van der Waals surface area contributed by atoms with Gasteiger partial charge in [0.15, 0.2) is 0 Å². The van der Waals surface area contributed by atoms with Gasteiger partial charge in [-0.2, -0.15) is 0 Å². The van der Waals surface area contributed by atoms with Crippen LogP contribution < -0.4 is 5.32 Å². The van der Waals surface area contributed by atoms with E-state index in [0.29, 0.717) is 26.2 Å². The number of hydrogen-bond donors (Lipinski definition) is 2. The van der Waals surface area contributed by atoms with E-state index in [9.17, 15) is 9.59 Å². The fraction of sp³-hybridized carbons (Fsp3) is 0.857. The summed E-state index contributed by atoms with van der Waals surface area (Å²) in [6.07, 6.45) is 3.57. The standard InChI is InChI=1S/C14H24N2O4/c1-2-11-9-16(6-7-20-11)14(19)15-8-10-4-3-5-12(10)13(17)18/h10-12H,2-9H2,1H3,(H,15,19)(H,17,18). The third-order valence-corrected chi connectivity index (χ3v) is 4.37. The fourth-order valence-electron chi connectivity index (χ4n) is 3.09. The van der Waals surface area contributed by atoms with E-state index in [-0.39, 0.29) is 24.0 Å². The summed E-state index contributed by atoms with van der Waals surface area (Å²) < 4.78 is 5.53. The van der Waals surface area contributed by atoms with Crippen LogP contribution in [0, 0.1) is 11.8 Å². The van der Waals surface area contributed by atoms with Gasteiger partial charge in [0, 0.05) is 19.6 Å². The lowest BCUT2D eigenvalue weighted by Crippen LogP contribution is -2.50. The number of urea groups is 1. The molecule has 3 atom stereocenters. The van der Waals surface area contributed by atoms with Crippen LogP contribution in [0.1, 0.15) is 32.6 Å². The molecule has 20 heavy (non-hydrogen) atoms. The van der Waals surface area contributed by atoms with Gasteiger partial charge in [-0.3, -0.25) is 4.79 Å². The summed E-state index contributed by atoms with van der Waals surface area (Å²) >= 11 is 0. The van der Waals surface area contributed by atoms with Crippen LogP contribution in [-0.2, 0) is 9.53 Å². The van der Waals surface area contributed by atoms with Gasteiger partial charge in [0.25, 0.3) is 0 Å². The van der Waals surface area contributed by atoms with Crippen LogP contribution >= 0.6 is 0 Å². The zero-order valence-corrected chi connectivity index (χ0v) is 12.0. The van der Waals surface area contributed by atoms with E-state index in [2.05, 4.69) is 5.32 Å². The Labute approximate surface area is 119 Å². The molecule has 0 bridgehead atoms. The minimum Gasteiger partial charge on any atom is -0.481 e. The minimum absolute atomic E-state index is 0.0689. The Morgan fingerprint density at radius 3 is 2.90 bits per heavy atom. The SMILES string of the molecule is CCC1CN(C(=O)NCC2CCCC2C(=O)O)CCO1. The summed E-state index contributed by atoms with van der Waals surface area (Å²) in [6, 6.07) is -0.0946. The number of carbonyl (C=O) groups excluding carboxylic acids is 1. The van der Waals surface area contributed by atoms with Crippen molar-refractivity contribution in [3.8, 4) is 0 Å². The van der Waals surface area contributed by atoms with Crippen molar-refractivity contribution in [1.82, 2.24) is 10.2 Å². The highest BCUT2D eigenvalue weighted by atomic mass is 16.5. The lowest BCUT2D eigenvalue weighted by molar-refractivity contribution is -0.142. The molecular formula is C14H24N2O4. The number of carbonyl (C=O) groups is 2. The lowest BCUT2D eigenvalue weighted by atomic mass is 9.96. The van der Waals surface area contributed by atoms with E-state index in [1.807, 2.05) is 6.92 Å². The Balaban J connectivity index is 1.78. The maximum Gasteiger partial charge on any atom is 0.317 e. The molecule has 2 fully saturated rings. The van der Waals surface area contributed by atoms with E-state index in [1.54, 1.807) is 4.90 Å². The molecule has 2 rings (SSSR count). The van der Waals surface area contributed by atoms with E-state index in [1.165, 1.54) is 0 Å². The summed E-state index contributed by atoms with van der Waals surface area (Å²) in [7, 11) is 0. The molecular weight excluding hydrogens is 260 g/mol. The second-order valence-electron chi connectivity index (χ2n) is 5.67. The van der Waals surface area contributed by atoms with Gasteiger partial charge in [0.2, 0.25) is 0 Å². The molecule has 0 aromatic rings. The Kier molecular flexibility index (Phi) is 5.23. The third kappa shape index (κ3) is 3.62. The maximum absolute atomic E-state index is 12.1. The van der Waals surface area contributed by atoms with E-state index in [4.69, 9.17) is 9.84 Å². The largest absolute Gasteiger partial charge is 0.481 e. The second kappa shape index (κ2) is 6.92. The number of carboxylic acid groups (broad SMARTS) is 1. The second-order valence-corrected chi connectivity index (χ2v) is 5.67. The van der Waals surface area contributed by atoms with Crippen LogP contribution in [-0.4, -0.2) is 54.4 Å². The van der Waals surface area contributed by atoms with Gasteiger partial charge in [-0.25, -0.2) is 4.79 Å². The average molecular weight is 284 g/mol. The fourth-order valence-corrected chi connectivity index (χ4v) is 3.09. The number of nitrogens with zero attached hydrogens (tertiary/aromatic N) is 1. The van der Waals surface area contributed by atoms with Crippen molar-refractivity contribution in [2.24, 2.45) is 11.8 Å². The highest BCUT2D eigenvalue weighted by Crippen LogP contribution is 2.31. The van der Waals surface area contributed by atoms with Crippen LogP contribution in [0.2, 0.25) is 0 Å². The van der Waals surface area contributed by atoms with Gasteiger partial charge >= 0.3 is 12.0 Å². The predicted octanol–water partition coefficient (Wildman–Crippen LogP) is 1.31. The van der Waals surface area contributed by atoms with Crippen LogP contribution in [0.25, 0.3) is 0 Å². The van der Waals surface area contributed by atoms with Gasteiger partial charge in [-0.15, -0.1) is 0 Å². The number of rotatable bonds is 4. The summed E-state index contributed by atoms with van der Waals surface area (Å²) in [4.78, 5) is 25.0. The van der Waals surface area contributed by atoms with E-state index < -0.39 is 5.97 Å². The van der Waals surface area contributed by atoms with Gasteiger partial charge in [-0.1, -0.05) is 13.3 Å².